The number of nitrogens with zero attached hydrogens (tertiary/aromatic N) is 4. The summed E-state index contributed by atoms with van der Waals surface area (Å²) in [5.41, 5.74) is 9.08. The summed E-state index contributed by atoms with van der Waals surface area (Å²) in [6.45, 7) is 3.53. The summed E-state index contributed by atoms with van der Waals surface area (Å²) in [7, 11) is 0. The third-order valence-corrected chi connectivity index (χ3v) is 4.94. The Hall–Kier alpha value is -3.06. The smallest absolute Gasteiger partial charge is 0.232 e. The fraction of sp³-hybridized carbons (Fsp3) is 0.286. The fourth-order valence-electron chi connectivity index (χ4n) is 3.68. The lowest BCUT2D eigenvalue weighted by molar-refractivity contribution is 0.242. The molecule has 7 heteroatoms. The summed E-state index contributed by atoms with van der Waals surface area (Å²) in [6.07, 6.45) is 2.11. The van der Waals surface area contributed by atoms with Crippen LogP contribution in [0.5, 0.6) is 0 Å². The standard InChI is InChI=1S/C21H23FN6/c1-14-4-2-5-17(12-14)24-21-26-19(25-20(23)27-21)13-28-11-3-6-18(28)15-7-9-16(22)10-8-15/h2,4-5,7-10,12,18H,3,6,11,13H2,1H3,(H3,23,24,25,26,27)/t18-/m1/s1. The maximum absolute atomic E-state index is 13.2. The normalized spacial score (nSPS) is 17.0. The van der Waals surface area contributed by atoms with E-state index in [0.29, 0.717) is 18.3 Å². The molecule has 3 N–H and O–H groups in total. The molecule has 2 aromatic carbocycles. The molecule has 1 saturated heterocycles. The number of nitrogen functional groups attached to an aromatic ring is 1. The van der Waals surface area contributed by atoms with Crippen LogP contribution in [0.1, 0.15) is 35.8 Å². The summed E-state index contributed by atoms with van der Waals surface area (Å²) < 4.78 is 13.2. The molecule has 6 nitrogen and oxygen atoms in total. The van der Waals surface area contributed by atoms with E-state index in [4.69, 9.17) is 5.73 Å². The van der Waals surface area contributed by atoms with Crippen LogP contribution >= 0.6 is 0 Å². The Morgan fingerprint density at radius 3 is 2.75 bits per heavy atom. The number of halogens is 1. The van der Waals surface area contributed by atoms with Crippen molar-refractivity contribution in [2.45, 2.75) is 32.4 Å². The van der Waals surface area contributed by atoms with Gasteiger partial charge >= 0.3 is 0 Å². The number of benzene rings is 2. The van der Waals surface area contributed by atoms with E-state index < -0.39 is 0 Å². The molecular weight excluding hydrogens is 355 g/mol. The molecule has 0 saturated carbocycles. The number of nitrogens with two attached hydrogens (primary N) is 1. The van der Waals surface area contributed by atoms with Gasteiger partial charge in [0.2, 0.25) is 11.9 Å². The van der Waals surface area contributed by atoms with Gasteiger partial charge in [-0.3, -0.25) is 4.90 Å². The van der Waals surface area contributed by atoms with Gasteiger partial charge in [-0.25, -0.2) is 4.39 Å². The van der Waals surface area contributed by atoms with Crippen molar-refractivity contribution in [3.8, 4) is 0 Å². The minimum atomic E-state index is -0.217. The highest BCUT2D eigenvalue weighted by Crippen LogP contribution is 2.33. The van der Waals surface area contributed by atoms with Gasteiger partial charge in [0, 0.05) is 11.7 Å². The molecule has 0 unspecified atom stereocenters. The van der Waals surface area contributed by atoms with Gasteiger partial charge in [0.15, 0.2) is 0 Å². The molecule has 0 spiro atoms. The van der Waals surface area contributed by atoms with Crippen LogP contribution in [-0.2, 0) is 6.54 Å². The van der Waals surface area contributed by atoms with Crippen molar-refractivity contribution < 1.29 is 4.39 Å². The van der Waals surface area contributed by atoms with Crippen LogP contribution in [0.3, 0.4) is 0 Å². The maximum Gasteiger partial charge on any atom is 0.232 e. The summed E-state index contributed by atoms with van der Waals surface area (Å²) >= 11 is 0. The van der Waals surface area contributed by atoms with Crippen LogP contribution in [0.2, 0.25) is 0 Å². The van der Waals surface area contributed by atoms with Crippen LogP contribution in [-0.4, -0.2) is 26.4 Å². The number of hydrogen-bond acceptors (Lipinski definition) is 6. The first kappa shape index (κ1) is 18.3. The van der Waals surface area contributed by atoms with E-state index >= 15 is 0 Å². The lowest BCUT2D eigenvalue weighted by atomic mass is 10.0. The van der Waals surface area contributed by atoms with E-state index in [1.165, 1.54) is 12.1 Å². The summed E-state index contributed by atoms with van der Waals surface area (Å²) in [6, 6.07) is 14.9. The maximum atomic E-state index is 13.2. The van der Waals surface area contributed by atoms with Crippen LogP contribution in [0.25, 0.3) is 0 Å². The lowest BCUT2D eigenvalue weighted by Gasteiger charge is -2.24. The number of hydrogen-bond donors (Lipinski definition) is 2. The Balaban J connectivity index is 1.52. The fourth-order valence-corrected chi connectivity index (χ4v) is 3.68. The predicted octanol–water partition coefficient (Wildman–Crippen LogP) is 3.98. The number of likely N-dealkylation sites (tertiary alicyclic amines) is 1. The van der Waals surface area contributed by atoms with Gasteiger partial charge in [-0.05, 0) is 61.7 Å². The number of rotatable bonds is 5. The zero-order valence-electron chi connectivity index (χ0n) is 15.8. The lowest BCUT2D eigenvalue weighted by Crippen LogP contribution is -2.24. The molecule has 4 rings (SSSR count). The van der Waals surface area contributed by atoms with Gasteiger partial charge in [-0.2, -0.15) is 15.0 Å². The first-order valence-corrected chi connectivity index (χ1v) is 9.40. The van der Waals surface area contributed by atoms with E-state index in [-0.39, 0.29) is 17.8 Å². The zero-order chi connectivity index (χ0) is 19.5. The highest BCUT2D eigenvalue weighted by Gasteiger charge is 2.27. The summed E-state index contributed by atoms with van der Waals surface area (Å²) in [5.74, 6) is 1.03. The molecule has 1 aliphatic heterocycles. The third kappa shape index (κ3) is 4.26. The first-order chi connectivity index (χ1) is 13.6. The summed E-state index contributed by atoms with van der Waals surface area (Å²) in [4.78, 5) is 15.4. The third-order valence-electron chi connectivity index (χ3n) is 4.94. The van der Waals surface area contributed by atoms with E-state index in [1.807, 2.05) is 43.3 Å². The van der Waals surface area contributed by atoms with E-state index in [1.54, 1.807) is 0 Å². The molecule has 1 fully saturated rings. The quantitative estimate of drug-likeness (QED) is 0.699. The molecule has 0 bridgehead atoms. The number of aromatic nitrogens is 3. The predicted molar refractivity (Wildman–Crippen MR) is 107 cm³/mol. The van der Waals surface area contributed by atoms with Crippen molar-refractivity contribution >= 4 is 17.6 Å². The Morgan fingerprint density at radius 1 is 1.14 bits per heavy atom. The molecule has 1 aliphatic rings. The Kier molecular flexibility index (Phi) is 5.16. The molecular formula is C21H23FN6. The Bertz CT molecular complexity index is 959. The molecule has 1 atom stereocenters. The second kappa shape index (κ2) is 7.90. The van der Waals surface area contributed by atoms with Gasteiger partial charge in [0.25, 0.3) is 0 Å². The van der Waals surface area contributed by atoms with Gasteiger partial charge < -0.3 is 11.1 Å². The molecule has 0 amide bonds. The second-order valence-electron chi connectivity index (χ2n) is 7.11. The molecule has 144 valence electrons. The van der Waals surface area contributed by atoms with Crippen LogP contribution in [0.15, 0.2) is 48.5 Å². The molecule has 1 aromatic heterocycles. The van der Waals surface area contributed by atoms with Crippen molar-refractivity contribution in [3.63, 3.8) is 0 Å². The number of aryl methyl sites for hydroxylation is 1. The van der Waals surface area contributed by atoms with Crippen LogP contribution in [0, 0.1) is 12.7 Å². The first-order valence-electron chi connectivity index (χ1n) is 9.40. The molecule has 0 radical (unpaired) electrons. The number of nitrogens with one attached hydrogen (secondary N) is 1. The molecule has 3 aromatic rings. The average molecular weight is 378 g/mol. The van der Waals surface area contributed by atoms with Crippen molar-refractivity contribution in [1.82, 2.24) is 19.9 Å². The summed E-state index contributed by atoms with van der Waals surface area (Å²) in [5, 5.41) is 3.20. The molecule has 0 aliphatic carbocycles. The van der Waals surface area contributed by atoms with Crippen LogP contribution in [0.4, 0.5) is 22.0 Å². The largest absolute Gasteiger partial charge is 0.368 e. The van der Waals surface area contributed by atoms with Crippen molar-refractivity contribution in [1.29, 1.82) is 0 Å². The number of anilines is 3. The zero-order valence-corrected chi connectivity index (χ0v) is 15.8. The van der Waals surface area contributed by atoms with Gasteiger partial charge in [0.05, 0.1) is 6.54 Å². The van der Waals surface area contributed by atoms with Crippen molar-refractivity contribution in [2.75, 3.05) is 17.6 Å². The Morgan fingerprint density at radius 2 is 1.96 bits per heavy atom. The van der Waals surface area contributed by atoms with Crippen LogP contribution < -0.4 is 11.1 Å². The van der Waals surface area contributed by atoms with E-state index in [0.717, 1.165) is 36.2 Å². The monoisotopic (exact) mass is 378 g/mol. The molecule has 28 heavy (non-hydrogen) atoms. The average Bonchev–Trinajstić information content (AvgIpc) is 3.10. The van der Waals surface area contributed by atoms with Gasteiger partial charge in [-0.15, -0.1) is 0 Å². The Labute approximate surface area is 163 Å². The van der Waals surface area contributed by atoms with Crippen molar-refractivity contribution in [2.24, 2.45) is 0 Å². The van der Waals surface area contributed by atoms with E-state index in [2.05, 4.69) is 25.2 Å². The second-order valence-corrected chi connectivity index (χ2v) is 7.11. The minimum absolute atomic E-state index is 0.192. The SMILES string of the molecule is Cc1cccc(Nc2nc(N)nc(CN3CCC[C@@H]3c3ccc(F)cc3)n2)c1. The van der Waals surface area contributed by atoms with Crippen molar-refractivity contribution in [3.05, 3.63) is 71.3 Å². The highest BCUT2D eigenvalue weighted by atomic mass is 19.1. The molecule has 2 heterocycles. The van der Waals surface area contributed by atoms with Gasteiger partial charge in [0.1, 0.15) is 11.6 Å². The minimum Gasteiger partial charge on any atom is -0.368 e. The van der Waals surface area contributed by atoms with E-state index in [9.17, 15) is 4.39 Å². The van der Waals surface area contributed by atoms with Gasteiger partial charge in [-0.1, -0.05) is 24.3 Å². The highest BCUT2D eigenvalue weighted by molar-refractivity contribution is 5.54. The topological polar surface area (TPSA) is 80.0 Å².